The molecule has 1 aliphatic rings. The van der Waals surface area contributed by atoms with Gasteiger partial charge in [0.1, 0.15) is 11.3 Å². The van der Waals surface area contributed by atoms with Gasteiger partial charge in [-0.25, -0.2) is 4.79 Å². The molecular weight excluding hydrogens is 262 g/mol. The minimum atomic E-state index is -1.45. The second-order valence-electron chi connectivity index (χ2n) is 4.29. The van der Waals surface area contributed by atoms with Gasteiger partial charge in [0.15, 0.2) is 5.78 Å². The average molecular weight is 269 g/mol. The van der Waals surface area contributed by atoms with Crippen LogP contribution >= 0.6 is 0 Å². The Morgan fingerprint density at radius 2 is 1.60 bits per heavy atom. The number of carboxylic acid groups (broad SMARTS) is 1. The van der Waals surface area contributed by atoms with E-state index in [1.165, 1.54) is 12.1 Å². The molecule has 6 nitrogen and oxygen atoms in total. The lowest BCUT2D eigenvalue weighted by Crippen LogP contribution is -2.32. The first-order chi connectivity index (χ1) is 9.52. The molecule has 1 heterocycles. The van der Waals surface area contributed by atoms with Crippen LogP contribution in [0.1, 0.15) is 42.3 Å². The van der Waals surface area contributed by atoms with Crippen LogP contribution in [0.4, 0.5) is 0 Å². The van der Waals surface area contributed by atoms with Crippen molar-refractivity contribution in [1.29, 1.82) is 0 Å². The molecular formula is C14H7NO5. The van der Waals surface area contributed by atoms with Crippen molar-refractivity contribution in [3.8, 4) is 0 Å². The van der Waals surface area contributed by atoms with Crippen LogP contribution in [0.2, 0.25) is 0 Å². The number of carbonyl (C=O) groups is 3. The third kappa shape index (κ3) is 1.45. The predicted octanol–water partition coefficient (Wildman–Crippen LogP) is 0.849. The minimum Gasteiger partial charge on any atom is -0.477 e. The predicted molar refractivity (Wildman–Crippen MR) is 67.3 cm³/mol. The van der Waals surface area contributed by atoms with E-state index in [1.807, 2.05) is 0 Å². The number of H-pyrrole nitrogens is 1. The topological polar surface area (TPSA) is 104 Å². The summed E-state index contributed by atoms with van der Waals surface area (Å²) in [5.74, 6) is -2.59. The number of benzene rings is 1. The molecule has 3 rings (SSSR count). The smallest absolute Gasteiger partial charge is 0.341 e. The molecule has 0 saturated heterocycles. The summed E-state index contributed by atoms with van der Waals surface area (Å²) in [6.45, 7) is 0. The highest BCUT2D eigenvalue weighted by Crippen LogP contribution is 2.23. The van der Waals surface area contributed by atoms with Crippen LogP contribution in [0, 0.1) is 0 Å². The van der Waals surface area contributed by atoms with Crippen molar-refractivity contribution < 1.29 is 19.5 Å². The monoisotopic (exact) mass is 269 g/mol. The summed E-state index contributed by atoms with van der Waals surface area (Å²) in [4.78, 5) is 49.9. The van der Waals surface area contributed by atoms with Crippen LogP contribution < -0.4 is 5.43 Å². The Bertz CT molecular complexity index is 847. The number of hydrogen-bond acceptors (Lipinski definition) is 4. The molecule has 98 valence electrons. The summed E-state index contributed by atoms with van der Waals surface area (Å²) in [7, 11) is 0. The van der Waals surface area contributed by atoms with Gasteiger partial charge in [0, 0.05) is 17.3 Å². The van der Waals surface area contributed by atoms with Crippen LogP contribution in [0.15, 0.2) is 35.3 Å². The van der Waals surface area contributed by atoms with Crippen LogP contribution in [-0.4, -0.2) is 27.6 Å². The number of hydrogen-bond donors (Lipinski definition) is 2. The van der Waals surface area contributed by atoms with Gasteiger partial charge in [-0.1, -0.05) is 24.3 Å². The number of aromatic amines is 1. The first kappa shape index (κ1) is 12.0. The summed E-state index contributed by atoms with van der Waals surface area (Å²) in [6, 6.07) is 6.11. The Morgan fingerprint density at radius 1 is 1.00 bits per heavy atom. The number of carboxylic acids is 1. The maximum absolute atomic E-state index is 12.3. The Kier molecular flexibility index (Phi) is 2.40. The quantitative estimate of drug-likeness (QED) is 0.681. The molecule has 2 aromatic rings. The van der Waals surface area contributed by atoms with Gasteiger partial charge in [0.05, 0.1) is 5.56 Å². The van der Waals surface area contributed by atoms with Gasteiger partial charge in [-0.05, 0) is 0 Å². The fraction of sp³-hybridized carbons (Fsp3) is 0. The van der Waals surface area contributed by atoms with Crippen LogP contribution in [0.5, 0.6) is 0 Å². The molecule has 0 fully saturated rings. The van der Waals surface area contributed by atoms with Gasteiger partial charge in [0.25, 0.3) is 0 Å². The average Bonchev–Trinajstić information content (AvgIpc) is 2.44. The van der Waals surface area contributed by atoms with E-state index in [9.17, 15) is 19.2 Å². The first-order valence-corrected chi connectivity index (χ1v) is 5.69. The molecule has 0 atom stereocenters. The van der Waals surface area contributed by atoms with Crippen molar-refractivity contribution in [3.63, 3.8) is 0 Å². The van der Waals surface area contributed by atoms with Crippen molar-refractivity contribution in [3.05, 3.63) is 68.6 Å². The lowest BCUT2D eigenvalue weighted by molar-refractivity contribution is 0.0694. The summed E-state index contributed by atoms with van der Waals surface area (Å²) in [6.07, 6.45) is 0.933. The number of fused-ring (bicyclic) bond motifs is 2. The highest BCUT2D eigenvalue weighted by atomic mass is 16.4. The number of carbonyl (C=O) groups excluding carboxylic acids is 2. The molecule has 0 bridgehead atoms. The zero-order valence-corrected chi connectivity index (χ0v) is 9.97. The number of nitrogens with one attached hydrogen (secondary N) is 1. The third-order valence-corrected chi connectivity index (χ3v) is 3.18. The fourth-order valence-electron chi connectivity index (χ4n) is 2.23. The summed E-state index contributed by atoms with van der Waals surface area (Å²) >= 11 is 0. The second kappa shape index (κ2) is 3.99. The Labute approximate surface area is 111 Å². The molecule has 2 N–H and O–H groups in total. The van der Waals surface area contributed by atoms with Crippen molar-refractivity contribution in [2.75, 3.05) is 0 Å². The molecule has 1 aromatic carbocycles. The molecule has 0 unspecified atom stereocenters. The van der Waals surface area contributed by atoms with Crippen molar-refractivity contribution in [2.45, 2.75) is 0 Å². The summed E-state index contributed by atoms with van der Waals surface area (Å²) < 4.78 is 0. The lowest BCUT2D eigenvalue weighted by Gasteiger charge is -2.16. The number of ketones is 2. The zero-order valence-electron chi connectivity index (χ0n) is 9.97. The molecule has 0 radical (unpaired) electrons. The molecule has 20 heavy (non-hydrogen) atoms. The first-order valence-electron chi connectivity index (χ1n) is 5.69. The van der Waals surface area contributed by atoms with E-state index in [-0.39, 0.29) is 16.8 Å². The van der Waals surface area contributed by atoms with Gasteiger partial charge < -0.3 is 10.1 Å². The van der Waals surface area contributed by atoms with Gasteiger partial charge in [0.2, 0.25) is 11.2 Å². The Balaban J connectivity index is 2.37. The number of rotatable bonds is 1. The normalized spacial score (nSPS) is 12.8. The van der Waals surface area contributed by atoms with Crippen LogP contribution in [-0.2, 0) is 0 Å². The van der Waals surface area contributed by atoms with E-state index in [1.54, 1.807) is 12.1 Å². The third-order valence-electron chi connectivity index (χ3n) is 3.18. The maximum Gasteiger partial charge on any atom is 0.341 e. The van der Waals surface area contributed by atoms with Gasteiger partial charge in [-0.3, -0.25) is 14.4 Å². The molecule has 1 aliphatic carbocycles. The number of pyridine rings is 1. The molecule has 6 heteroatoms. The zero-order chi connectivity index (χ0) is 14.4. The van der Waals surface area contributed by atoms with E-state index in [2.05, 4.69) is 4.98 Å². The highest BCUT2D eigenvalue weighted by molar-refractivity contribution is 6.27. The minimum absolute atomic E-state index is 0.109. The Morgan fingerprint density at radius 3 is 2.20 bits per heavy atom. The summed E-state index contributed by atoms with van der Waals surface area (Å²) in [5, 5.41) is 8.90. The standard InChI is InChI=1S/C14H7NO5/c16-11-6-3-1-2-4-7(6)13(18)10-9(11)12(17)8(5-15-10)14(19)20/h1-5H,(H,15,17)(H,19,20). The Hall–Kier alpha value is -3.02. The number of aromatic nitrogens is 1. The van der Waals surface area contributed by atoms with Gasteiger partial charge in [-0.2, -0.15) is 0 Å². The van der Waals surface area contributed by atoms with E-state index < -0.39 is 34.1 Å². The second-order valence-corrected chi connectivity index (χ2v) is 4.29. The maximum atomic E-state index is 12.3. The van der Waals surface area contributed by atoms with E-state index in [0.29, 0.717) is 0 Å². The molecule has 0 spiro atoms. The van der Waals surface area contributed by atoms with Crippen molar-refractivity contribution >= 4 is 17.5 Å². The van der Waals surface area contributed by atoms with Crippen molar-refractivity contribution in [2.24, 2.45) is 0 Å². The largest absolute Gasteiger partial charge is 0.477 e. The van der Waals surface area contributed by atoms with Gasteiger partial charge in [-0.15, -0.1) is 0 Å². The van der Waals surface area contributed by atoms with Gasteiger partial charge >= 0.3 is 5.97 Å². The lowest BCUT2D eigenvalue weighted by atomic mass is 9.86. The fourth-order valence-corrected chi connectivity index (χ4v) is 2.23. The van der Waals surface area contributed by atoms with E-state index in [4.69, 9.17) is 5.11 Å². The molecule has 0 saturated carbocycles. The van der Waals surface area contributed by atoms with E-state index in [0.717, 1.165) is 6.20 Å². The summed E-state index contributed by atoms with van der Waals surface area (Å²) in [5.41, 5.74) is -1.78. The SMILES string of the molecule is O=C1c2ccccc2C(=O)c2c1[nH]cc(C(=O)O)c2=O. The highest BCUT2D eigenvalue weighted by Gasteiger charge is 2.33. The van der Waals surface area contributed by atoms with Crippen LogP contribution in [0.3, 0.4) is 0 Å². The van der Waals surface area contributed by atoms with E-state index >= 15 is 0 Å². The molecule has 0 aliphatic heterocycles. The molecule has 0 amide bonds. The molecule has 1 aromatic heterocycles. The van der Waals surface area contributed by atoms with Crippen LogP contribution in [0.25, 0.3) is 0 Å². The van der Waals surface area contributed by atoms with Crippen molar-refractivity contribution in [1.82, 2.24) is 4.98 Å². The number of aromatic carboxylic acids is 1.